The molecule has 0 radical (unpaired) electrons. The van der Waals surface area contributed by atoms with E-state index in [9.17, 15) is 9.18 Å². The van der Waals surface area contributed by atoms with E-state index in [1.807, 2.05) is 0 Å². The zero-order valence-electron chi connectivity index (χ0n) is 11.4. The molecule has 1 N–H and O–H groups in total. The normalized spacial score (nSPS) is 24.4. The van der Waals surface area contributed by atoms with E-state index < -0.39 is 11.8 Å². The minimum atomic E-state index is -1.09. The van der Waals surface area contributed by atoms with Crippen LogP contribution in [0.2, 0.25) is 0 Å². The van der Waals surface area contributed by atoms with Crippen molar-refractivity contribution in [2.24, 2.45) is 5.92 Å². The number of hydrogen-bond acceptors (Lipinski definition) is 2. The molecule has 2 unspecified atom stereocenters. The van der Waals surface area contributed by atoms with Gasteiger partial charge in [0.05, 0.1) is 5.56 Å². The van der Waals surface area contributed by atoms with Crippen molar-refractivity contribution in [3.8, 4) is 0 Å². The van der Waals surface area contributed by atoms with Crippen molar-refractivity contribution in [3.05, 3.63) is 35.1 Å². The molecule has 0 spiro atoms. The summed E-state index contributed by atoms with van der Waals surface area (Å²) in [6.45, 7) is 5.90. The molecule has 0 bridgehead atoms. The number of piperidine rings is 1. The van der Waals surface area contributed by atoms with Gasteiger partial charge in [-0.05, 0) is 37.8 Å². The van der Waals surface area contributed by atoms with Gasteiger partial charge in [0, 0.05) is 24.7 Å². The molecule has 1 fully saturated rings. The fourth-order valence-electron chi connectivity index (χ4n) is 2.63. The van der Waals surface area contributed by atoms with E-state index >= 15 is 0 Å². The first-order chi connectivity index (χ1) is 8.97. The number of benzene rings is 1. The van der Waals surface area contributed by atoms with Crippen molar-refractivity contribution in [1.29, 1.82) is 0 Å². The maximum atomic E-state index is 13.9. The van der Waals surface area contributed by atoms with Crippen LogP contribution >= 0.6 is 0 Å². The molecule has 4 heteroatoms. The van der Waals surface area contributed by atoms with Gasteiger partial charge in [-0.3, -0.25) is 4.90 Å². The lowest BCUT2D eigenvalue weighted by Gasteiger charge is -2.36. The Morgan fingerprint density at radius 3 is 2.79 bits per heavy atom. The predicted molar refractivity (Wildman–Crippen MR) is 71.6 cm³/mol. The average Bonchev–Trinajstić information content (AvgIpc) is 2.36. The van der Waals surface area contributed by atoms with Gasteiger partial charge in [0.2, 0.25) is 0 Å². The first-order valence-corrected chi connectivity index (χ1v) is 6.73. The van der Waals surface area contributed by atoms with Crippen LogP contribution in [0.5, 0.6) is 0 Å². The highest BCUT2D eigenvalue weighted by Gasteiger charge is 2.23. The standard InChI is InChI=1S/C15H20FNO2/c1-10-3-4-11(2)17(8-10)9-13-6-5-12(15(18)19)7-14(13)16/h5-7,10-11H,3-4,8-9H2,1-2H3,(H,18,19). The highest BCUT2D eigenvalue weighted by molar-refractivity contribution is 5.87. The largest absolute Gasteiger partial charge is 0.478 e. The van der Waals surface area contributed by atoms with E-state index in [0.717, 1.165) is 19.0 Å². The van der Waals surface area contributed by atoms with E-state index in [-0.39, 0.29) is 5.56 Å². The molecule has 0 amide bonds. The molecule has 1 aromatic rings. The summed E-state index contributed by atoms with van der Waals surface area (Å²) in [5, 5.41) is 8.82. The fourth-order valence-corrected chi connectivity index (χ4v) is 2.63. The van der Waals surface area contributed by atoms with Crippen molar-refractivity contribution in [2.45, 2.75) is 39.3 Å². The smallest absolute Gasteiger partial charge is 0.335 e. The number of nitrogens with zero attached hydrogens (tertiary/aromatic N) is 1. The van der Waals surface area contributed by atoms with Crippen molar-refractivity contribution < 1.29 is 14.3 Å². The minimum absolute atomic E-state index is 0.00121. The van der Waals surface area contributed by atoms with E-state index in [1.165, 1.54) is 12.5 Å². The van der Waals surface area contributed by atoms with Crippen LogP contribution in [0.1, 0.15) is 42.6 Å². The van der Waals surface area contributed by atoms with Crippen LogP contribution in [0.25, 0.3) is 0 Å². The molecule has 0 aromatic heterocycles. The number of likely N-dealkylation sites (tertiary alicyclic amines) is 1. The van der Waals surface area contributed by atoms with Gasteiger partial charge in [-0.25, -0.2) is 9.18 Å². The third-order valence-corrected chi connectivity index (χ3v) is 3.92. The lowest BCUT2D eigenvalue weighted by Crippen LogP contribution is -2.40. The van der Waals surface area contributed by atoms with Crippen molar-refractivity contribution in [1.82, 2.24) is 4.90 Å². The Hall–Kier alpha value is -1.42. The molecule has 1 heterocycles. The number of hydrogen-bond donors (Lipinski definition) is 1. The third kappa shape index (κ3) is 3.32. The van der Waals surface area contributed by atoms with E-state index in [2.05, 4.69) is 18.7 Å². The second-order valence-corrected chi connectivity index (χ2v) is 5.57. The summed E-state index contributed by atoms with van der Waals surface area (Å²) < 4.78 is 13.9. The summed E-state index contributed by atoms with van der Waals surface area (Å²) in [6.07, 6.45) is 2.36. The molecule has 104 valence electrons. The van der Waals surface area contributed by atoms with Crippen molar-refractivity contribution >= 4 is 5.97 Å². The van der Waals surface area contributed by atoms with E-state index in [1.54, 1.807) is 6.07 Å². The first kappa shape index (κ1) is 14.0. The zero-order valence-corrected chi connectivity index (χ0v) is 11.4. The molecule has 0 saturated carbocycles. The lowest BCUT2D eigenvalue weighted by molar-refractivity contribution is 0.0696. The van der Waals surface area contributed by atoms with Gasteiger partial charge >= 0.3 is 5.97 Å². The lowest BCUT2D eigenvalue weighted by atomic mass is 9.94. The Kier molecular flexibility index (Phi) is 4.20. The van der Waals surface area contributed by atoms with Crippen LogP contribution in [0.3, 0.4) is 0 Å². The Morgan fingerprint density at radius 1 is 1.42 bits per heavy atom. The summed E-state index contributed by atoms with van der Waals surface area (Å²) >= 11 is 0. The number of aromatic carboxylic acids is 1. The number of rotatable bonds is 3. The Morgan fingerprint density at radius 2 is 2.16 bits per heavy atom. The zero-order chi connectivity index (χ0) is 14.0. The van der Waals surface area contributed by atoms with Crippen LogP contribution in [0.4, 0.5) is 4.39 Å². The highest BCUT2D eigenvalue weighted by Crippen LogP contribution is 2.24. The SMILES string of the molecule is CC1CCC(C)N(Cc2ccc(C(=O)O)cc2F)C1. The average molecular weight is 265 g/mol. The molecular weight excluding hydrogens is 245 g/mol. The van der Waals surface area contributed by atoms with E-state index in [4.69, 9.17) is 5.11 Å². The van der Waals surface area contributed by atoms with Crippen molar-refractivity contribution in [2.75, 3.05) is 6.54 Å². The minimum Gasteiger partial charge on any atom is -0.478 e. The second-order valence-electron chi connectivity index (χ2n) is 5.57. The monoisotopic (exact) mass is 265 g/mol. The van der Waals surface area contributed by atoms with Gasteiger partial charge in [-0.15, -0.1) is 0 Å². The summed E-state index contributed by atoms with van der Waals surface area (Å²) in [5.74, 6) is -0.881. The third-order valence-electron chi connectivity index (χ3n) is 3.92. The summed E-state index contributed by atoms with van der Waals surface area (Å²) in [6, 6.07) is 4.62. The molecule has 3 nitrogen and oxygen atoms in total. The Bertz CT molecular complexity index is 475. The molecule has 1 aliphatic rings. The molecular formula is C15H20FNO2. The summed E-state index contributed by atoms with van der Waals surface area (Å²) in [7, 11) is 0. The van der Waals surface area contributed by atoms with Crippen LogP contribution in [0, 0.1) is 11.7 Å². The molecule has 2 rings (SSSR count). The maximum Gasteiger partial charge on any atom is 0.335 e. The van der Waals surface area contributed by atoms with Crippen LogP contribution in [-0.2, 0) is 6.54 Å². The molecule has 2 atom stereocenters. The predicted octanol–water partition coefficient (Wildman–Crippen LogP) is 3.14. The highest BCUT2D eigenvalue weighted by atomic mass is 19.1. The number of carboxylic acid groups (broad SMARTS) is 1. The summed E-state index contributed by atoms with van der Waals surface area (Å²) in [4.78, 5) is 13.0. The number of carbonyl (C=O) groups is 1. The molecule has 1 saturated heterocycles. The number of halogens is 1. The second kappa shape index (κ2) is 5.70. The van der Waals surface area contributed by atoms with Crippen LogP contribution < -0.4 is 0 Å². The quantitative estimate of drug-likeness (QED) is 0.912. The molecule has 19 heavy (non-hydrogen) atoms. The van der Waals surface area contributed by atoms with Gasteiger partial charge in [0.1, 0.15) is 5.82 Å². The Labute approximate surface area is 113 Å². The maximum absolute atomic E-state index is 13.9. The summed E-state index contributed by atoms with van der Waals surface area (Å²) in [5.41, 5.74) is 0.576. The van der Waals surface area contributed by atoms with Gasteiger partial charge in [-0.1, -0.05) is 13.0 Å². The first-order valence-electron chi connectivity index (χ1n) is 6.73. The van der Waals surface area contributed by atoms with Gasteiger partial charge < -0.3 is 5.11 Å². The number of carboxylic acids is 1. The molecule has 0 aliphatic carbocycles. The molecule has 1 aliphatic heterocycles. The van der Waals surface area contributed by atoms with Crippen LogP contribution in [0.15, 0.2) is 18.2 Å². The van der Waals surface area contributed by atoms with E-state index in [0.29, 0.717) is 24.1 Å². The Balaban J connectivity index is 2.12. The van der Waals surface area contributed by atoms with Gasteiger partial charge in [-0.2, -0.15) is 0 Å². The fraction of sp³-hybridized carbons (Fsp3) is 0.533. The topological polar surface area (TPSA) is 40.5 Å². The molecule has 1 aromatic carbocycles. The van der Waals surface area contributed by atoms with Crippen molar-refractivity contribution in [3.63, 3.8) is 0 Å². The van der Waals surface area contributed by atoms with Gasteiger partial charge in [0.25, 0.3) is 0 Å². The van der Waals surface area contributed by atoms with Crippen LogP contribution in [-0.4, -0.2) is 28.6 Å². The van der Waals surface area contributed by atoms with Gasteiger partial charge in [0.15, 0.2) is 0 Å².